The lowest BCUT2D eigenvalue weighted by atomic mass is 10.1. The zero-order valence-electron chi connectivity index (χ0n) is 27.8. The molecule has 0 aliphatic carbocycles. The molecular formula is C36H37FN6O6. The number of carbonyl (C=O) groups is 2. The fourth-order valence-corrected chi connectivity index (χ4v) is 5.57. The standard InChI is InChI=1S/C36H37FN6O6/c1-36(2,3)49-35(45)43-19-25(29-6-5-7-33(40-29)48-22-26-9-8-23(18-38)16-28(26)37)12-14-41(43)21-32-39-30-11-10-24(34(44)46-4)17-31(30)42(32)20-27-13-15-47-27/h5-12,16-17,27H,13-15,19-22H2,1-4H3/t27-/m0/s1. The summed E-state index contributed by atoms with van der Waals surface area (Å²) in [5, 5.41) is 12.4. The van der Waals surface area contributed by atoms with E-state index >= 15 is 0 Å². The molecule has 12 nitrogen and oxygen atoms in total. The highest BCUT2D eigenvalue weighted by Crippen LogP contribution is 2.28. The van der Waals surface area contributed by atoms with Gasteiger partial charge in [-0.1, -0.05) is 18.2 Å². The molecule has 6 rings (SSSR count). The lowest BCUT2D eigenvalue weighted by Gasteiger charge is -2.38. The first-order valence-corrected chi connectivity index (χ1v) is 15.9. The number of methoxy groups -OCH3 is 1. The zero-order valence-corrected chi connectivity index (χ0v) is 27.8. The number of hydrazine groups is 1. The van der Waals surface area contributed by atoms with E-state index in [1.807, 2.05) is 48.6 Å². The first kappa shape index (κ1) is 33.6. The quantitative estimate of drug-likeness (QED) is 0.206. The van der Waals surface area contributed by atoms with Crippen molar-refractivity contribution in [3.05, 3.63) is 94.7 Å². The third kappa shape index (κ3) is 7.72. The molecule has 254 valence electrons. The Hall–Kier alpha value is -5.32. The van der Waals surface area contributed by atoms with E-state index in [1.165, 1.54) is 25.3 Å². The summed E-state index contributed by atoms with van der Waals surface area (Å²) in [6.45, 7) is 7.37. The zero-order chi connectivity index (χ0) is 34.7. The van der Waals surface area contributed by atoms with Crippen molar-refractivity contribution >= 4 is 28.7 Å². The number of halogens is 1. The number of fused-ring (bicyclic) bond motifs is 1. The molecule has 2 aliphatic heterocycles. The van der Waals surface area contributed by atoms with Crippen LogP contribution in [0.25, 0.3) is 16.6 Å². The van der Waals surface area contributed by atoms with Crippen LogP contribution in [0.15, 0.2) is 60.7 Å². The Kier molecular flexibility index (Phi) is 9.62. The largest absolute Gasteiger partial charge is 0.473 e. The minimum absolute atomic E-state index is 0.0155. The van der Waals surface area contributed by atoms with Crippen molar-refractivity contribution in [2.75, 3.05) is 26.8 Å². The molecule has 0 bridgehead atoms. The van der Waals surface area contributed by atoms with Crippen molar-refractivity contribution < 1.29 is 32.9 Å². The number of nitrogens with zero attached hydrogens (tertiary/aromatic N) is 6. The van der Waals surface area contributed by atoms with Crippen LogP contribution in [-0.2, 0) is 33.9 Å². The first-order valence-electron chi connectivity index (χ1n) is 15.9. The molecule has 49 heavy (non-hydrogen) atoms. The molecule has 2 aromatic carbocycles. The number of rotatable bonds is 9. The van der Waals surface area contributed by atoms with Crippen LogP contribution < -0.4 is 4.74 Å². The van der Waals surface area contributed by atoms with Gasteiger partial charge in [0, 0.05) is 24.8 Å². The van der Waals surface area contributed by atoms with Gasteiger partial charge in [-0.05, 0) is 69.2 Å². The summed E-state index contributed by atoms with van der Waals surface area (Å²) in [5.74, 6) is 0.00877. The van der Waals surface area contributed by atoms with E-state index in [-0.39, 0.29) is 37.2 Å². The van der Waals surface area contributed by atoms with Crippen molar-refractivity contribution in [1.82, 2.24) is 24.6 Å². The highest BCUT2D eigenvalue weighted by atomic mass is 19.1. The van der Waals surface area contributed by atoms with Gasteiger partial charge in [0.1, 0.15) is 23.8 Å². The molecule has 1 saturated heterocycles. The van der Waals surface area contributed by atoms with Gasteiger partial charge in [-0.25, -0.2) is 34.0 Å². The molecule has 1 fully saturated rings. The number of hydrogen-bond donors (Lipinski definition) is 0. The average Bonchev–Trinajstić information content (AvgIpc) is 3.40. The Bertz CT molecular complexity index is 1960. The molecular weight excluding hydrogens is 631 g/mol. The van der Waals surface area contributed by atoms with Gasteiger partial charge in [-0.3, -0.25) is 0 Å². The molecule has 4 aromatic rings. The highest BCUT2D eigenvalue weighted by molar-refractivity contribution is 5.93. The maximum absolute atomic E-state index is 14.4. The number of esters is 1. The number of carbonyl (C=O) groups excluding carboxylic acids is 2. The molecule has 0 unspecified atom stereocenters. The second-order valence-corrected chi connectivity index (χ2v) is 12.8. The van der Waals surface area contributed by atoms with Gasteiger partial charge in [-0.15, -0.1) is 0 Å². The average molecular weight is 669 g/mol. The molecule has 2 aliphatic rings. The number of benzene rings is 2. The molecule has 0 spiro atoms. The molecule has 0 N–H and O–H groups in total. The van der Waals surface area contributed by atoms with Crippen LogP contribution in [0, 0.1) is 17.1 Å². The van der Waals surface area contributed by atoms with Crippen LogP contribution in [0.4, 0.5) is 9.18 Å². The third-order valence-corrected chi connectivity index (χ3v) is 8.18. The van der Waals surface area contributed by atoms with Crippen molar-refractivity contribution in [3.63, 3.8) is 0 Å². The highest BCUT2D eigenvalue weighted by Gasteiger charge is 2.32. The van der Waals surface area contributed by atoms with Crippen LogP contribution in [-0.4, -0.2) is 75.1 Å². The van der Waals surface area contributed by atoms with Gasteiger partial charge in [0.2, 0.25) is 5.88 Å². The lowest BCUT2D eigenvalue weighted by Crippen LogP contribution is -2.51. The number of pyridine rings is 1. The Balaban J connectivity index is 1.27. The minimum Gasteiger partial charge on any atom is -0.473 e. The fraction of sp³-hybridized carbons (Fsp3) is 0.361. The fourth-order valence-electron chi connectivity index (χ4n) is 5.57. The SMILES string of the molecule is COC(=O)c1ccc2nc(CN3CC=C(c4cccc(OCc5ccc(C#N)cc5F)n4)CN3C(=O)OC(C)(C)C)n(C[C@@H]3CCO3)c2c1. The van der Waals surface area contributed by atoms with Crippen LogP contribution in [0.2, 0.25) is 0 Å². The molecule has 4 heterocycles. The number of amides is 1. The normalized spacial score (nSPS) is 16.4. The predicted molar refractivity (Wildman–Crippen MR) is 176 cm³/mol. The van der Waals surface area contributed by atoms with E-state index in [0.29, 0.717) is 47.9 Å². The number of ether oxygens (including phenoxy) is 4. The summed E-state index contributed by atoms with van der Waals surface area (Å²) < 4.78 is 38.8. The Morgan fingerprint density at radius 3 is 2.63 bits per heavy atom. The van der Waals surface area contributed by atoms with Gasteiger partial charge in [0.05, 0.1) is 66.8 Å². The van der Waals surface area contributed by atoms with Crippen molar-refractivity contribution in [2.24, 2.45) is 0 Å². The molecule has 13 heteroatoms. The molecule has 2 aromatic heterocycles. The van der Waals surface area contributed by atoms with Crippen molar-refractivity contribution in [2.45, 2.75) is 58.6 Å². The molecule has 0 radical (unpaired) electrons. The van der Waals surface area contributed by atoms with Gasteiger partial charge in [0.15, 0.2) is 0 Å². The van der Waals surface area contributed by atoms with E-state index in [9.17, 15) is 14.0 Å². The maximum atomic E-state index is 14.4. The minimum atomic E-state index is -0.740. The summed E-state index contributed by atoms with van der Waals surface area (Å²) in [6, 6.07) is 16.7. The summed E-state index contributed by atoms with van der Waals surface area (Å²) in [6.07, 6.45) is 2.39. The topological polar surface area (TPSA) is 132 Å². The number of nitriles is 1. The van der Waals surface area contributed by atoms with Gasteiger partial charge in [-0.2, -0.15) is 5.26 Å². The van der Waals surface area contributed by atoms with Gasteiger partial charge < -0.3 is 23.5 Å². The van der Waals surface area contributed by atoms with E-state index in [0.717, 1.165) is 17.5 Å². The lowest BCUT2D eigenvalue weighted by molar-refractivity contribution is -0.0616. The molecule has 0 saturated carbocycles. The van der Waals surface area contributed by atoms with E-state index in [2.05, 4.69) is 4.98 Å². The second-order valence-electron chi connectivity index (χ2n) is 12.8. The molecule has 1 amide bonds. The van der Waals surface area contributed by atoms with Crippen LogP contribution in [0.1, 0.15) is 60.2 Å². The predicted octanol–water partition coefficient (Wildman–Crippen LogP) is 5.65. The number of hydrogen-bond acceptors (Lipinski definition) is 10. The number of imidazole rings is 1. The van der Waals surface area contributed by atoms with Crippen LogP contribution >= 0.6 is 0 Å². The second kappa shape index (κ2) is 14.0. The molecule has 1 atom stereocenters. The number of aromatic nitrogens is 3. The van der Waals surface area contributed by atoms with E-state index in [1.54, 1.807) is 35.3 Å². The van der Waals surface area contributed by atoms with Gasteiger partial charge in [0.25, 0.3) is 0 Å². The Labute approximate surface area is 283 Å². The van der Waals surface area contributed by atoms with E-state index < -0.39 is 23.5 Å². The summed E-state index contributed by atoms with van der Waals surface area (Å²) in [5.41, 5.74) is 3.05. The summed E-state index contributed by atoms with van der Waals surface area (Å²) >= 11 is 0. The third-order valence-electron chi connectivity index (χ3n) is 8.18. The Morgan fingerprint density at radius 2 is 1.94 bits per heavy atom. The Morgan fingerprint density at radius 1 is 1.12 bits per heavy atom. The van der Waals surface area contributed by atoms with Gasteiger partial charge >= 0.3 is 12.1 Å². The van der Waals surface area contributed by atoms with Crippen LogP contribution in [0.3, 0.4) is 0 Å². The van der Waals surface area contributed by atoms with E-state index in [4.69, 9.17) is 29.2 Å². The summed E-state index contributed by atoms with van der Waals surface area (Å²) in [7, 11) is 1.35. The van der Waals surface area contributed by atoms with Crippen molar-refractivity contribution in [1.29, 1.82) is 5.26 Å². The van der Waals surface area contributed by atoms with Crippen LogP contribution in [0.5, 0.6) is 5.88 Å². The maximum Gasteiger partial charge on any atom is 0.425 e. The van der Waals surface area contributed by atoms with Crippen molar-refractivity contribution in [3.8, 4) is 11.9 Å². The monoisotopic (exact) mass is 668 g/mol. The summed E-state index contributed by atoms with van der Waals surface area (Å²) in [4.78, 5) is 35.6. The smallest absolute Gasteiger partial charge is 0.425 e. The first-order chi connectivity index (χ1) is 23.5.